The molecule has 1 aromatic rings. The lowest BCUT2D eigenvalue weighted by atomic mass is 10.1. The first-order valence-corrected chi connectivity index (χ1v) is 6.83. The van der Waals surface area contributed by atoms with Crippen LogP contribution in [0, 0.1) is 0 Å². The molecule has 0 radical (unpaired) electrons. The molecule has 0 spiro atoms. The maximum Gasteiger partial charge on any atom is 0.0817 e. The maximum atomic E-state index is 6.21. The Labute approximate surface area is 113 Å². The van der Waals surface area contributed by atoms with Crippen molar-refractivity contribution in [2.45, 2.75) is 44.5 Å². The van der Waals surface area contributed by atoms with Gasteiger partial charge in [-0.15, -0.1) is 11.6 Å². The summed E-state index contributed by atoms with van der Waals surface area (Å²) in [6.45, 7) is 3.52. The van der Waals surface area contributed by atoms with Gasteiger partial charge in [0.1, 0.15) is 0 Å². The monoisotopic (exact) mass is 278 g/mol. The molecule has 0 bridgehead atoms. The fourth-order valence-corrected chi connectivity index (χ4v) is 2.32. The van der Waals surface area contributed by atoms with Gasteiger partial charge in [0.2, 0.25) is 0 Å². The number of ether oxygens (including phenoxy) is 1. The minimum atomic E-state index is 0.224. The normalized spacial score (nSPS) is 12.9. The van der Waals surface area contributed by atoms with Gasteiger partial charge in [-0.05, 0) is 19.3 Å². The molecule has 0 aromatic carbocycles. The van der Waals surface area contributed by atoms with Crippen molar-refractivity contribution in [3.05, 3.63) is 16.9 Å². The molecule has 1 unspecified atom stereocenters. The number of hydrogen-bond acceptors (Lipinski definition) is 2. The highest BCUT2D eigenvalue weighted by Crippen LogP contribution is 2.20. The molecule has 0 fully saturated rings. The number of hydrogen-bond donors (Lipinski definition) is 0. The van der Waals surface area contributed by atoms with E-state index in [-0.39, 0.29) is 5.38 Å². The van der Waals surface area contributed by atoms with Gasteiger partial charge in [0.15, 0.2) is 0 Å². The first kappa shape index (κ1) is 14.8. The van der Waals surface area contributed by atoms with Crippen molar-refractivity contribution in [3.8, 4) is 0 Å². The molecule has 0 saturated carbocycles. The average molecular weight is 279 g/mol. The lowest BCUT2D eigenvalue weighted by molar-refractivity contribution is 0.182. The molecule has 1 atom stereocenters. The number of halogens is 2. The molecular weight excluding hydrogens is 259 g/mol. The molecule has 0 amide bonds. The second-order valence-corrected chi connectivity index (χ2v) is 5.10. The van der Waals surface area contributed by atoms with Crippen LogP contribution in [-0.4, -0.2) is 28.9 Å². The van der Waals surface area contributed by atoms with Gasteiger partial charge in [0.25, 0.3) is 0 Å². The van der Waals surface area contributed by atoms with Crippen LogP contribution >= 0.6 is 23.2 Å². The first-order valence-electron chi connectivity index (χ1n) is 6.02. The molecule has 17 heavy (non-hydrogen) atoms. The summed E-state index contributed by atoms with van der Waals surface area (Å²) in [6, 6.07) is 0. The van der Waals surface area contributed by atoms with Crippen LogP contribution in [0.4, 0.5) is 0 Å². The molecule has 1 aromatic heterocycles. The van der Waals surface area contributed by atoms with Gasteiger partial charge in [0, 0.05) is 12.5 Å². The minimum Gasteiger partial charge on any atom is -0.383 e. The Balaban J connectivity index is 2.53. The summed E-state index contributed by atoms with van der Waals surface area (Å²) in [5.41, 5.74) is 1.06. The van der Waals surface area contributed by atoms with Crippen LogP contribution in [0.3, 0.4) is 0 Å². The summed E-state index contributed by atoms with van der Waals surface area (Å²) in [7, 11) is 1.68. The zero-order valence-electron chi connectivity index (χ0n) is 10.5. The van der Waals surface area contributed by atoms with Crippen molar-refractivity contribution in [2.75, 3.05) is 13.7 Å². The fraction of sp³-hybridized carbons (Fsp3) is 0.750. The maximum absolute atomic E-state index is 6.21. The van der Waals surface area contributed by atoms with Gasteiger partial charge in [-0.3, -0.25) is 4.68 Å². The van der Waals surface area contributed by atoms with Crippen molar-refractivity contribution >= 4 is 23.2 Å². The molecule has 5 heteroatoms. The Morgan fingerprint density at radius 2 is 2.24 bits per heavy atom. The SMILES string of the molecule is CCCC(Cl)CCc1c(Cl)cnn1CCOC. The van der Waals surface area contributed by atoms with Crippen LogP contribution in [0.5, 0.6) is 0 Å². The molecular formula is C12H20Cl2N2O. The minimum absolute atomic E-state index is 0.224. The second-order valence-electron chi connectivity index (χ2n) is 4.08. The number of alkyl halides is 1. The van der Waals surface area contributed by atoms with Gasteiger partial charge in [-0.1, -0.05) is 24.9 Å². The summed E-state index contributed by atoms with van der Waals surface area (Å²) in [5.74, 6) is 0. The van der Waals surface area contributed by atoms with Gasteiger partial charge in [0.05, 0.1) is 30.1 Å². The van der Waals surface area contributed by atoms with Crippen molar-refractivity contribution in [1.29, 1.82) is 0 Å². The fourth-order valence-electron chi connectivity index (χ4n) is 1.76. The van der Waals surface area contributed by atoms with Crippen LogP contribution in [0.15, 0.2) is 6.20 Å². The van der Waals surface area contributed by atoms with Gasteiger partial charge in [-0.25, -0.2) is 0 Å². The quantitative estimate of drug-likeness (QED) is 0.681. The van der Waals surface area contributed by atoms with E-state index in [1.54, 1.807) is 13.3 Å². The van der Waals surface area contributed by atoms with E-state index in [1.165, 1.54) is 0 Å². The molecule has 0 saturated heterocycles. The Hall–Kier alpha value is -0.250. The molecule has 1 heterocycles. The third kappa shape index (κ3) is 4.86. The average Bonchev–Trinajstić information content (AvgIpc) is 2.65. The topological polar surface area (TPSA) is 27.1 Å². The number of nitrogens with zero attached hydrogens (tertiary/aromatic N) is 2. The van der Waals surface area contributed by atoms with E-state index in [0.29, 0.717) is 6.61 Å². The molecule has 0 aliphatic carbocycles. The molecule has 0 N–H and O–H groups in total. The van der Waals surface area contributed by atoms with Crippen LogP contribution in [0.2, 0.25) is 5.02 Å². The van der Waals surface area contributed by atoms with Gasteiger partial charge in [-0.2, -0.15) is 5.10 Å². The summed E-state index contributed by atoms with van der Waals surface area (Å²) in [4.78, 5) is 0. The zero-order chi connectivity index (χ0) is 12.7. The Morgan fingerprint density at radius 3 is 2.88 bits per heavy atom. The smallest absolute Gasteiger partial charge is 0.0817 e. The number of rotatable bonds is 8. The van der Waals surface area contributed by atoms with Crippen LogP contribution in [0.25, 0.3) is 0 Å². The third-order valence-electron chi connectivity index (χ3n) is 2.70. The number of aromatic nitrogens is 2. The van der Waals surface area contributed by atoms with Crippen LogP contribution < -0.4 is 0 Å². The molecule has 0 aliphatic rings. The van der Waals surface area contributed by atoms with E-state index in [4.69, 9.17) is 27.9 Å². The second kappa shape index (κ2) is 7.96. The van der Waals surface area contributed by atoms with Gasteiger partial charge < -0.3 is 4.74 Å². The lowest BCUT2D eigenvalue weighted by Gasteiger charge is -2.10. The van der Waals surface area contributed by atoms with E-state index in [9.17, 15) is 0 Å². The summed E-state index contributed by atoms with van der Waals surface area (Å²) < 4.78 is 6.95. The highest BCUT2D eigenvalue weighted by Gasteiger charge is 2.11. The van der Waals surface area contributed by atoms with Gasteiger partial charge >= 0.3 is 0 Å². The van der Waals surface area contributed by atoms with Crippen molar-refractivity contribution in [2.24, 2.45) is 0 Å². The van der Waals surface area contributed by atoms with E-state index in [0.717, 1.165) is 42.9 Å². The largest absolute Gasteiger partial charge is 0.383 e. The van der Waals surface area contributed by atoms with E-state index in [2.05, 4.69) is 12.0 Å². The first-order chi connectivity index (χ1) is 8.19. The van der Waals surface area contributed by atoms with Crippen LogP contribution in [-0.2, 0) is 17.7 Å². The van der Waals surface area contributed by atoms with E-state index < -0.39 is 0 Å². The van der Waals surface area contributed by atoms with Crippen LogP contribution in [0.1, 0.15) is 31.9 Å². The summed E-state index contributed by atoms with van der Waals surface area (Å²) >= 11 is 12.3. The third-order valence-corrected chi connectivity index (χ3v) is 3.45. The summed E-state index contributed by atoms with van der Waals surface area (Å²) in [6.07, 6.45) is 5.66. The molecule has 1 rings (SSSR count). The highest BCUT2D eigenvalue weighted by atomic mass is 35.5. The van der Waals surface area contributed by atoms with Crippen molar-refractivity contribution in [1.82, 2.24) is 9.78 Å². The lowest BCUT2D eigenvalue weighted by Crippen LogP contribution is -2.11. The van der Waals surface area contributed by atoms with E-state index >= 15 is 0 Å². The standard InChI is InChI=1S/C12H20Cl2N2O/c1-3-4-10(13)5-6-12-11(14)9-15-16(12)7-8-17-2/h9-10H,3-8H2,1-2H3. The highest BCUT2D eigenvalue weighted by molar-refractivity contribution is 6.31. The molecule has 0 aliphatic heterocycles. The Kier molecular flexibility index (Phi) is 6.93. The zero-order valence-corrected chi connectivity index (χ0v) is 12.0. The molecule has 3 nitrogen and oxygen atoms in total. The predicted octanol–water partition coefficient (Wildman–Crippen LogP) is 3.52. The van der Waals surface area contributed by atoms with E-state index in [1.807, 2.05) is 4.68 Å². The summed E-state index contributed by atoms with van der Waals surface area (Å²) in [5, 5.41) is 5.19. The van der Waals surface area contributed by atoms with Crippen molar-refractivity contribution in [3.63, 3.8) is 0 Å². The van der Waals surface area contributed by atoms with Crippen molar-refractivity contribution < 1.29 is 4.74 Å². The Morgan fingerprint density at radius 1 is 1.47 bits per heavy atom. The molecule has 98 valence electrons. The predicted molar refractivity (Wildman–Crippen MR) is 72.0 cm³/mol. The Bertz CT molecular complexity index is 328. The number of methoxy groups -OCH3 is 1.